The second kappa shape index (κ2) is 5.05. The minimum Gasteiger partial charge on any atom is -0.381 e. The highest BCUT2D eigenvalue weighted by Gasteiger charge is 2.04. The van der Waals surface area contributed by atoms with Crippen LogP contribution in [0.25, 0.3) is 11.0 Å². The smallest absolute Gasteiger partial charge is 0.248 e. The molecule has 1 aromatic carbocycles. The molecule has 100 valence electrons. The number of carbonyl (C=O) groups excluding carboxylic acids is 1. The molecule has 0 unspecified atom stereocenters. The maximum absolute atomic E-state index is 11.0. The van der Waals surface area contributed by atoms with Gasteiger partial charge in [0.2, 0.25) is 5.91 Å². The van der Waals surface area contributed by atoms with Crippen molar-refractivity contribution in [3.8, 4) is 0 Å². The number of carbonyl (C=O) groups is 1. The molecule has 0 saturated heterocycles. The molecule has 0 saturated carbocycles. The predicted octanol–water partition coefficient (Wildman–Crippen LogP) is 2.27. The Labute approximate surface area is 115 Å². The van der Waals surface area contributed by atoms with Crippen LogP contribution in [0.2, 0.25) is 0 Å². The van der Waals surface area contributed by atoms with Crippen LogP contribution in [-0.2, 0) is 6.54 Å². The maximum Gasteiger partial charge on any atom is 0.248 e. The van der Waals surface area contributed by atoms with Gasteiger partial charge in [0, 0.05) is 35.6 Å². The number of fused-ring (bicyclic) bond motifs is 1. The van der Waals surface area contributed by atoms with Gasteiger partial charge in [-0.2, -0.15) is 0 Å². The Morgan fingerprint density at radius 3 is 2.80 bits per heavy atom. The van der Waals surface area contributed by atoms with E-state index in [9.17, 15) is 4.79 Å². The van der Waals surface area contributed by atoms with Crippen molar-refractivity contribution >= 4 is 22.6 Å². The number of aromatic amines is 1. The van der Waals surface area contributed by atoms with Crippen LogP contribution in [0.15, 0.2) is 48.8 Å². The quantitative estimate of drug-likeness (QED) is 0.677. The lowest BCUT2D eigenvalue weighted by Crippen LogP contribution is -2.10. The summed E-state index contributed by atoms with van der Waals surface area (Å²) >= 11 is 0. The molecule has 2 heterocycles. The van der Waals surface area contributed by atoms with Gasteiger partial charge in [-0.15, -0.1) is 0 Å². The van der Waals surface area contributed by atoms with Gasteiger partial charge in [-0.1, -0.05) is 0 Å². The molecule has 3 rings (SSSR count). The van der Waals surface area contributed by atoms with E-state index >= 15 is 0 Å². The number of nitrogens with one attached hydrogen (secondary N) is 2. The number of nitrogens with two attached hydrogens (primary N) is 1. The van der Waals surface area contributed by atoms with Gasteiger partial charge in [0.25, 0.3) is 0 Å². The van der Waals surface area contributed by atoms with Crippen molar-refractivity contribution in [2.24, 2.45) is 5.73 Å². The second-order valence-corrected chi connectivity index (χ2v) is 4.51. The van der Waals surface area contributed by atoms with Crippen molar-refractivity contribution in [2.75, 3.05) is 5.32 Å². The minimum atomic E-state index is -0.417. The van der Waals surface area contributed by atoms with Crippen molar-refractivity contribution in [2.45, 2.75) is 6.54 Å². The fraction of sp³-hybridized carbons (Fsp3) is 0.0667. The fourth-order valence-corrected chi connectivity index (χ4v) is 2.11. The van der Waals surface area contributed by atoms with Gasteiger partial charge in [-0.05, 0) is 42.0 Å². The number of aromatic nitrogens is 2. The first-order chi connectivity index (χ1) is 9.74. The number of anilines is 1. The van der Waals surface area contributed by atoms with Gasteiger partial charge in [-0.25, -0.2) is 4.98 Å². The van der Waals surface area contributed by atoms with Crippen LogP contribution in [0.5, 0.6) is 0 Å². The molecule has 0 spiro atoms. The Morgan fingerprint density at radius 2 is 2.05 bits per heavy atom. The molecule has 20 heavy (non-hydrogen) atoms. The number of H-pyrrole nitrogens is 1. The number of primary amides is 1. The zero-order chi connectivity index (χ0) is 13.9. The molecule has 5 nitrogen and oxygen atoms in total. The van der Waals surface area contributed by atoms with Gasteiger partial charge in [0.15, 0.2) is 0 Å². The van der Waals surface area contributed by atoms with E-state index in [1.165, 1.54) is 0 Å². The standard InChI is InChI=1S/C15H14N4O/c16-14(20)10-3-5-12(6-4-10)18-8-11-9-19-15-13(11)2-1-7-17-15/h1-7,9,18H,8H2,(H2,16,20)(H,17,19). The van der Waals surface area contributed by atoms with E-state index in [2.05, 4.69) is 15.3 Å². The number of hydrogen-bond acceptors (Lipinski definition) is 3. The SMILES string of the molecule is NC(=O)c1ccc(NCc2c[nH]c3ncccc23)cc1. The van der Waals surface area contributed by atoms with Crippen molar-refractivity contribution in [3.63, 3.8) is 0 Å². The van der Waals surface area contributed by atoms with E-state index in [1.807, 2.05) is 30.5 Å². The molecule has 0 aliphatic heterocycles. The van der Waals surface area contributed by atoms with Gasteiger partial charge in [-0.3, -0.25) is 4.79 Å². The number of nitrogens with zero attached hydrogens (tertiary/aromatic N) is 1. The highest BCUT2D eigenvalue weighted by atomic mass is 16.1. The predicted molar refractivity (Wildman–Crippen MR) is 78.4 cm³/mol. The summed E-state index contributed by atoms with van der Waals surface area (Å²) in [5, 5.41) is 4.41. The lowest BCUT2D eigenvalue weighted by Gasteiger charge is -2.06. The number of pyridine rings is 1. The van der Waals surface area contributed by atoms with Gasteiger partial charge >= 0.3 is 0 Å². The molecular formula is C15H14N4O. The third-order valence-electron chi connectivity index (χ3n) is 3.19. The summed E-state index contributed by atoms with van der Waals surface area (Å²) in [6.07, 6.45) is 3.71. The first-order valence-corrected chi connectivity index (χ1v) is 6.29. The second-order valence-electron chi connectivity index (χ2n) is 4.51. The third kappa shape index (κ3) is 2.33. The van der Waals surface area contributed by atoms with Crippen molar-refractivity contribution in [1.29, 1.82) is 0 Å². The van der Waals surface area contributed by atoms with E-state index in [0.717, 1.165) is 22.3 Å². The van der Waals surface area contributed by atoms with Crippen LogP contribution < -0.4 is 11.1 Å². The summed E-state index contributed by atoms with van der Waals surface area (Å²) in [5.41, 5.74) is 8.68. The Hall–Kier alpha value is -2.82. The molecule has 0 radical (unpaired) electrons. The summed E-state index contributed by atoms with van der Waals surface area (Å²) in [5.74, 6) is -0.417. The average molecular weight is 266 g/mol. The van der Waals surface area contributed by atoms with E-state index < -0.39 is 5.91 Å². The Bertz CT molecular complexity index is 746. The van der Waals surface area contributed by atoms with Crippen molar-refractivity contribution in [1.82, 2.24) is 9.97 Å². The molecular weight excluding hydrogens is 252 g/mol. The van der Waals surface area contributed by atoms with E-state index in [0.29, 0.717) is 12.1 Å². The van der Waals surface area contributed by atoms with Crippen LogP contribution in [0.1, 0.15) is 15.9 Å². The zero-order valence-corrected chi connectivity index (χ0v) is 10.8. The topological polar surface area (TPSA) is 83.8 Å². The van der Waals surface area contributed by atoms with E-state index in [-0.39, 0.29) is 0 Å². The Kier molecular flexibility index (Phi) is 3.09. The number of amides is 1. The Balaban J connectivity index is 1.74. The number of hydrogen-bond donors (Lipinski definition) is 3. The van der Waals surface area contributed by atoms with Crippen LogP contribution in [0, 0.1) is 0 Å². The summed E-state index contributed by atoms with van der Waals surface area (Å²) in [4.78, 5) is 18.4. The van der Waals surface area contributed by atoms with Gasteiger partial charge in [0.05, 0.1) is 0 Å². The lowest BCUT2D eigenvalue weighted by molar-refractivity contribution is 0.100. The third-order valence-corrected chi connectivity index (χ3v) is 3.19. The van der Waals surface area contributed by atoms with Crippen molar-refractivity contribution in [3.05, 3.63) is 59.9 Å². The molecule has 0 atom stereocenters. The average Bonchev–Trinajstić information content (AvgIpc) is 2.89. The summed E-state index contributed by atoms with van der Waals surface area (Å²) < 4.78 is 0. The number of benzene rings is 1. The molecule has 2 aromatic heterocycles. The summed E-state index contributed by atoms with van der Waals surface area (Å²) in [6, 6.07) is 11.1. The lowest BCUT2D eigenvalue weighted by atomic mass is 10.2. The molecule has 0 fully saturated rings. The van der Waals surface area contributed by atoms with Crippen LogP contribution >= 0.6 is 0 Å². The molecule has 3 aromatic rings. The van der Waals surface area contributed by atoms with Gasteiger partial charge < -0.3 is 16.0 Å². The first kappa shape index (κ1) is 12.2. The molecule has 5 heteroatoms. The summed E-state index contributed by atoms with van der Waals surface area (Å²) in [7, 11) is 0. The first-order valence-electron chi connectivity index (χ1n) is 6.29. The van der Waals surface area contributed by atoms with Crippen molar-refractivity contribution < 1.29 is 4.79 Å². The monoisotopic (exact) mass is 266 g/mol. The maximum atomic E-state index is 11.0. The summed E-state index contributed by atoms with van der Waals surface area (Å²) in [6.45, 7) is 0.682. The molecule has 1 amide bonds. The molecule has 0 bridgehead atoms. The molecule has 0 aliphatic carbocycles. The van der Waals surface area contributed by atoms with Crippen LogP contribution in [0.4, 0.5) is 5.69 Å². The molecule has 4 N–H and O–H groups in total. The highest BCUT2D eigenvalue weighted by molar-refractivity contribution is 5.93. The number of rotatable bonds is 4. The minimum absolute atomic E-state index is 0.417. The van der Waals surface area contributed by atoms with Gasteiger partial charge in [0.1, 0.15) is 5.65 Å². The zero-order valence-electron chi connectivity index (χ0n) is 10.8. The fourth-order valence-electron chi connectivity index (χ4n) is 2.11. The molecule has 0 aliphatic rings. The normalized spacial score (nSPS) is 10.6. The van der Waals surface area contributed by atoms with E-state index in [4.69, 9.17) is 5.73 Å². The van der Waals surface area contributed by atoms with Crippen LogP contribution in [-0.4, -0.2) is 15.9 Å². The Morgan fingerprint density at radius 1 is 1.25 bits per heavy atom. The highest BCUT2D eigenvalue weighted by Crippen LogP contribution is 2.17. The van der Waals surface area contributed by atoms with E-state index in [1.54, 1.807) is 18.3 Å². The van der Waals surface area contributed by atoms with Crippen LogP contribution in [0.3, 0.4) is 0 Å². The largest absolute Gasteiger partial charge is 0.381 e.